The second kappa shape index (κ2) is 7.17. The quantitative estimate of drug-likeness (QED) is 0.854. The van der Waals surface area contributed by atoms with Crippen molar-refractivity contribution in [1.82, 2.24) is 10.3 Å². The van der Waals surface area contributed by atoms with E-state index in [0.717, 1.165) is 30.3 Å². The number of hydrogen-bond acceptors (Lipinski definition) is 3. The van der Waals surface area contributed by atoms with E-state index in [2.05, 4.69) is 46.4 Å². The zero-order chi connectivity index (χ0) is 13.7. The topological polar surface area (TPSA) is 24.9 Å². The third kappa shape index (κ3) is 3.88. The number of thiazole rings is 1. The van der Waals surface area contributed by atoms with E-state index in [1.165, 1.54) is 21.1 Å². The number of halogens is 1. The Labute approximate surface area is 127 Å². The van der Waals surface area contributed by atoms with Crippen molar-refractivity contribution in [3.8, 4) is 0 Å². The summed E-state index contributed by atoms with van der Waals surface area (Å²) in [7, 11) is 1.99. The zero-order valence-electron chi connectivity index (χ0n) is 11.4. The lowest BCUT2D eigenvalue weighted by molar-refractivity contribution is 0.796. The van der Waals surface area contributed by atoms with Crippen molar-refractivity contribution in [2.45, 2.75) is 32.7 Å². The van der Waals surface area contributed by atoms with E-state index < -0.39 is 0 Å². The van der Waals surface area contributed by atoms with Crippen molar-refractivity contribution in [3.63, 3.8) is 0 Å². The largest absolute Gasteiger partial charge is 0.315 e. The number of benzene rings is 1. The van der Waals surface area contributed by atoms with Crippen LogP contribution in [0.2, 0.25) is 0 Å². The maximum absolute atomic E-state index is 4.81. The zero-order valence-corrected chi connectivity index (χ0v) is 13.8. The van der Waals surface area contributed by atoms with Crippen LogP contribution in [0.1, 0.15) is 34.5 Å². The van der Waals surface area contributed by atoms with Gasteiger partial charge in [0.25, 0.3) is 0 Å². The minimum atomic E-state index is 0.909. The third-order valence-electron chi connectivity index (χ3n) is 2.95. The smallest absolute Gasteiger partial charge is 0.0975 e. The summed E-state index contributed by atoms with van der Waals surface area (Å²) in [4.78, 5) is 6.19. The molecule has 4 heteroatoms. The van der Waals surface area contributed by atoms with Gasteiger partial charge in [-0.25, -0.2) is 4.98 Å². The monoisotopic (exact) mass is 338 g/mol. The van der Waals surface area contributed by atoms with Crippen LogP contribution in [0.3, 0.4) is 0 Å². The minimum absolute atomic E-state index is 0.909. The molecule has 1 aromatic heterocycles. The molecule has 0 spiro atoms. The number of aromatic nitrogens is 1. The highest BCUT2D eigenvalue weighted by Gasteiger charge is 2.11. The van der Waals surface area contributed by atoms with E-state index in [1.807, 2.05) is 24.5 Å². The molecule has 0 radical (unpaired) electrons. The van der Waals surface area contributed by atoms with Crippen molar-refractivity contribution in [2.75, 3.05) is 7.05 Å². The van der Waals surface area contributed by atoms with Gasteiger partial charge in [-0.2, -0.15) is 0 Å². The summed E-state index contributed by atoms with van der Waals surface area (Å²) in [6.45, 7) is 3.12. The predicted octanol–water partition coefficient (Wildman–Crippen LogP) is 4.17. The Hall–Kier alpha value is -0.710. The maximum atomic E-state index is 4.81. The fourth-order valence-electron chi connectivity index (χ4n) is 2.05. The van der Waals surface area contributed by atoms with Crippen LogP contribution in [0.15, 0.2) is 28.7 Å². The molecule has 0 saturated carbocycles. The van der Waals surface area contributed by atoms with Crippen LogP contribution in [-0.2, 0) is 19.4 Å². The van der Waals surface area contributed by atoms with Crippen LogP contribution in [0.25, 0.3) is 0 Å². The van der Waals surface area contributed by atoms with E-state index in [9.17, 15) is 0 Å². The standard InChI is InChI=1S/C15H19BrN2S/c1-3-6-13-14(10-17-2)19-15(18-13)9-11-7-4-5-8-12(11)16/h4-5,7-8,17H,3,6,9-10H2,1-2H3. The Bertz CT molecular complexity index is 513. The summed E-state index contributed by atoms with van der Waals surface area (Å²) in [5.41, 5.74) is 2.57. The molecular weight excluding hydrogens is 320 g/mol. The Morgan fingerprint density at radius 1 is 1.32 bits per heavy atom. The van der Waals surface area contributed by atoms with Gasteiger partial charge in [-0.3, -0.25) is 0 Å². The van der Waals surface area contributed by atoms with Crippen LogP contribution in [0.4, 0.5) is 0 Å². The van der Waals surface area contributed by atoms with Gasteiger partial charge in [0.05, 0.1) is 10.7 Å². The molecule has 2 nitrogen and oxygen atoms in total. The van der Waals surface area contributed by atoms with Gasteiger partial charge in [0.2, 0.25) is 0 Å². The molecule has 0 saturated heterocycles. The highest BCUT2D eigenvalue weighted by atomic mass is 79.9. The van der Waals surface area contributed by atoms with Gasteiger partial charge in [0, 0.05) is 22.3 Å². The number of aryl methyl sites for hydroxylation is 1. The maximum Gasteiger partial charge on any atom is 0.0975 e. The van der Waals surface area contributed by atoms with Crippen molar-refractivity contribution in [1.29, 1.82) is 0 Å². The van der Waals surface area contributed by atoms with Crippen LogP contribution >= 0.6 is 27.3 Å². The molecule has 1 N–H and O–H groups in total. The van der Waals surface area contributed by atoms with Crippen molar-refractivity contribution >= 4 is 27.3 Å². The number of hydrogen-bond donors (Lipinski definition) is 1. The second-order valence-corrected chi connectivity index (χ2v) is 6.55. The first-order valence-corrected chi connectivity index (χ1v) is 8.21. The Balaban J connectivity index is 2.21. The summed E-state index contributed by atoms with van der Waals surface area (Å²) in [5.74, 6) is 0. The number of rotatable bonds is 6. The molecule has 102 valence electrons. The molecule has 0 amide bonds. The number of nitrogens with zero attached hydrogens (tertiary/aromatic N) is 1. The van der Waals surface area contributed by atoms with Gasteiger partial charge in [0.1, 0.15) is 0 Å². The van der Waals surface area contributed by atoms with Crippen LogP contribution in [-0.4, -0.2) is 12.0 Å². The highest BCUT2D eigenvalue weighted by Crippen LogP contribution is 2.25. The van der Waals surface area contributed by atoms with Crippen molar-refractivity contribution in [2.24, 2.45) is 0 Å². The third-order valence-corrected chi connectivity index (χ3v) is 4.82. The molecule has 2 rings (SSSR count). The lowest BCUT2D eigenvalue weighted by Gasteiger charge is -2.00. The van der Waals surface area contributed by atoms with Gasteiger partial charge in [-0.05, 0) is 25.1 Å². The van der Waals surface area contributed by atoms with Gasteiger partial charge in [-0.15, -0.1) is 11.3 Å². The predicted molar refractivity (Wildman–Crippen MR) is 85.8 cm³/mol. The Kier molecular flexibility index (Phi) is 5.55. The number of nitrogens with one attached hydrogen (secondary N) is 1. The van der Waals surface area contributed by atoms with Gasteiger partial charge < -0.3 is 5.32 Å². The summed E-state index contributed by atoms with van der Waals surface area (Å²) in [6, 6.07) is 8.37. The summed E-state index contributed by atoms with van der Waals surface area (Å²) in [5, 5.41) is 4.44. The second-order valence-electron chi connectivity index (χ2n) is 4.53. The molecule has 0 aliphatic carbocycles. The fraction of sp³-hybridized carbons (Fsp3) is 0.400. The van der Waals surface area contributed by atoms with E-state index in [-0.39, 0.29) is 0 Å². The molecular formula is C15H19BrN2S. The first-order valence-electron chi connectivity index (χ1n) is 6.60. The molecule has 0 fully saturated rings. The Morgan fingerprint density at radius 3 is 2.79 bits per heavy atom. The molecule has 0 atom stereocenters. The van der Waals surface area contributed by atoms with E-state index >= 15 is 0 Å². The fourth-order valence-corrected chi connectivity index (χ4v) is 3.62. The molecule has 0 aliphatic rings. The lowest BCUT2D eigenvalue weighted by atomic mass is 10.1. The molecule has 1 aromatic carbocycles. The van der Waals surface area contributed by atoms with Gasteiger partial charge in [0.15, 0.2) is 0 Å². The highest BCUT2D eigenvalue weighted by molar-refractivity contribution is 9.10. The van der Waals surface area contributed by atoms with Crippen LogP contribution in [0.5, 0.6) is 0 Å². The molecule has 0 aliphatic heterocycles. The summed E-state index contributed by atoms with van der Waals surface area (Å²) in [6.07, 6.45) is 3.13. The van der Waals surface area contributed by atoms with Gasteiger partial charge in [-0.1, -0.05) is 47.5 Å². The van der Waals surface area contributed by atoms with Crippen molar-refractivity contribution in [3.05, 3.63) is 49.9 Å². The van der Waals surface area contributed by atoms with Crippen molar-refractivity contribution < 1.29 is 0 Å². The van der Waals surface area contributed by atoms with E-state index in [0.29, 0.717) is 0 Å². The normalized spacial score (nSPS) is 10.9. The lowest BCUT2D eigenvalue weighted by Crippen LogP contribution is -2.05. The molecule has 0 bridgehead atoms. The molecule has 0 unspecified atom stereocenters. The average Bonchev–Trinajstić information content (AvgIpc) is 2.76. The minimum Gasteiger partial charge on any atom is -0.315 e. The van der Waals surface area contributed by atoms with Crippen LogP contribution < -0.4 is 5.32 Å². The van der Waals surface area contributed by atoms with Gasteiger partial charge >= 0.3 is 0 Å². The average molecular weight is 339 g/mol. The van der Waals surface area contributed by atoms with E-state index in [1.54, 1.807) is 0 Å². The molecule has 19 heavy (non-hydrogen) atoms. The SMILES string of the molecule is CCCc1nc(Cc2ccccc2Br)sc1CNC. The summed E-state index contributed by atoms with van der Waals surface area (Å²) >= 11 is 5.44. The van der Waals surface area contributed by atoms with Crippen LogP contribution in [0, 0.1) is 0 Å². The Morgan fingerprint density at radius 2 is 2.11 bits per heavy atom. The summed E-state index contributed by atoms with van der Waals surface area (Å²) < 4.78 is 1.16. The molecule has 2 aromatic rings. The molecule has 1 heterocycles. The first kappa shape index (κ1) is 14.7. The van der Waals surface area contributed by atoms with E-state index in [4.69, 9.17) is 4.98 Å². The first-order chi connectivity index (χ1) is 9.24.